The first-order valence-corrected chi connectivity index (χ1v) is 6.29. The van der Waals surface area contributed by atoms with Gasteiger partial charge in [0, 0.05) is 12.2 Å². The lowest BCUT2D eigenvalue weighted by Crippen LogP contribution is -2.44. The first kappa shape index (κ1) is 31.9. The molecule has 0 radical (unpaired) electrons. The van der Waals surface area contributed by atoms with Gasteiger partial charge >= 0.3 is 23.9 Å². The number of methoxy groups -OCH3 is 2. The number of rotatable bonds is 8. The number of quaternary nitrogens is 2. The molecule has 2 unspecified atom stereocenters. The Kier molecular flexibility index (Phi) is 19.0. The summed E-state index contributed by atoms with van der Waals surface area (Å²) in [7, 11) is 1.92. The van der Waals surface area contributed by atoms with E-state index in [1.165, 1.54) is 0 Å². The summed E-state index contributed by atoms with van der Waals surface area (Å²) in [5.74, 6) is -8.20. The fourth-order valence-corrected chi connectivity index (χ4v) is 0.928. The Labute approximate surface area is 158 Å². The first-order chi connectivity index (χ1) is 12.0. The maximum absolute atomic E-state index is 10.7. The van der Waals surface area contributed by atoms with Gasteiger partial charge in [-0.2, -0.15) is 0 Å². The number of carbonyl (C=O) groups is 6. The van der Waals surface area contributed by atoms with E-state index >= 15 is 0 Å². The van der Waals surface area contributed by atoms with Crippen LogP contribution >= 0.6 is 0 Å². The van der Waals surface area contributed by atoms with Gasteiger partial charge in [-0.25, -0.2) is 19.2 Å². The Morgan fingerprint density at radius 3 is 1.11 bits per heavy atom. The van der Waals surface area contributed by atoms with Crippen molar-refractivity contribution < 1.29 is 57.9 Å². The molecule has 8 N–H and O–H groups in total. The lowest BCUT2D eigenvalue weighted by Gasteiger charge is -2.14. The van der Waals surface area contributed by atoms with Crippen molar-refractivity contribution in [3.05, 3.63) is 25.3 Å². The van der Waals surface area contributed by atoms with Crippen molar-refractivity contribution in [1.82, 2.24) is 12.3 Å². The highest BCUT2D eigenvalue weighted by Crippen LogP contribution is 1.96. The highest BCUT2D eigenvalue weighted by Gasteiger charge is 2.24. The van der Waals surface area contributed by atoms with E-state index in [-0.39, 0.29) is 12.3 Å². The summed E-state index contributed by atoms with van der Waals surface area (Å²) in [5.41, 5.74) is 0. The molecule has 0 aliphatic rings. The largest absolute Gasteiger partial charge is 0.545 e. The van der Waals surface area contributed by atoms with Crippen LogP contribution in [-0.2, 0) is 47.7 Å². The molecule has 0 fully saturated rings. The van der Waals surface area contributed by atoms with Gasteiger partial charge in [-0.3, -0.25) is 0 Å². The third-order valence-corrected chi connectivity index (χ3v) is 2.06. The Morgan fingerprint density at radius 1 is 0.714 bits per heavy atom. The van der Waals surface area contributed by atoms with Crippen molar-refractivity contribution in [3.8, 4) is 0 Å². The molecule has 0 saturated heterocycles. The third kappa shape index (κ3) is 12.6. The van der Waals surface area contributed by atoms with Gasteiger partial charge in [0.1, 0.15) is 0 Å². The van der Waals surface area contributed by atoms with Crippen LogP contribution in [0, 0.1) is 0 Å². The number of ether oxygens (including phenoxy) is 4. The monoisotopic (exact) mass is 410 g/mol. The van der Waals surface area contributed by atoms with Crippen LogP contribution in [0.4, 0.5) is 0 Å². The van der Waals surface area contributed by atoms with Crippen molar-refractivity contribution in [1.29, 1.82) is 0 Å². The van der Waals surface area contributed by atoms with Crippen LogP contribution in [0.2, 0.25) is 0 Å². The van der Waals surface area contributed by atoms with E-state index < -0.39 is 48.0 Å². The van der Waals surface area contributed by atoms with Crippen LogP contribution in [0.5, 0.6) is 0 Å². The summed E-state index contributed by atoms with van der Waals surface area (Å²) < 4.78 is 16.3. The minimum atomic E-state index is -2.05. The van der Waals surface area contributed by atoms with Crippen LogP contribution in [0.15, 0.2) is 25.3 Å². The van der Waals surface area contributed by atoms with E-state index in [2.05, 4.69) is 32.1 Å². The molecule has 28 heavy (non-hydrogen) atoms. The fourth-order valence-electron chi connectivity index (χ4n) is 0.928. The second-order valence-electron chi connectivity index (χ2n) is 3.73. The van der Waals surface area contributed by atoms with E-state index in [0.717, 1.165) is 26.4 Å². The number of hydrogen-bond acceptors (Lipinski definition) is 12. The topological polar surface area (TPSA) is 258 Å². The Balaban J connectivity index is -0.000000192. The molecule has 0 bridgehead atoms. The molecule has 0 saturated carbocycles. The van der Waals surface area contributed by atoms with Crippen molar-refractivity contribution >= 4 is 35.8 Å². The second-order valence-corrected chi connectivity index (χ2v) is 3.73. The molecule has 0 aliphatic heterocycles. The highest BCUT2D eigenvalue weighted by atomic mass is 16.6. The van der Waals surface area contributed by atoms with Crippen molar-refractivity contribution in [3.63, 3.8) is 0 Å². The number of hydrogen-bond donors (Lipinski definition) is 2. The number of carboxylic acid groups (broad SMARTS) is 2. The fraction of sp³-hybridized carbons (Fsp3) is 0.286. The zero-order valence-corrected chi connectivity index (χ0v) is 15.6. The van der Waals surface area contributed by atoms with Crippen molar-refractivity contribution in [2.24, 2.45) is 0 Å². The molecule has 0 spiro atoms. The first-order valence-electron chi connectivity index (χ1n) is 6.29. The molecule has 0 aromatic carbocycles. The molecule has 0 amide bonds. The molecule has 0 aromatic rings. The number of esters is 4. The van der Waals surface area contributed by atoms with E-state index in [9.17, 15) is 39.0 Å². The zero-order chi connectivity index (χ0) is 20.9. The predicted molar refractivity (Wildman–Crippen MR) is 86.2 cm³/mol. The molecule has 2 atom stereocenters. The van der Waals surface area contributed by atoms with Gasteiger partial charge in [0.15, 0.2) is 0 Å². The minimum Gasteiger partial charge on any atom is -0.545 e. The van der Waals surface area contributed by atoms with E-state index in [4.69, 9.17) is 0 Å². The van der Waals surface area contributed by atoms with Crippen LogP contribution in [0.3, 0.4) is 0 Å². The number of carbonyl (C=O) groups excluding carboxylic acids is 6. The molecule has 0 rings (SSSR count). The predicted octanol–water partition coefficient (Wildman–Crippen LogP) is -3.23. The van der Waals surface area contributed by atoms with Gasteiger partial charge in [0.05, 0.1) is 26.2 Å². The summed E-state index contributed by atoms with van der Waals surface area (Å²) in [4.78, 5) is 62.8. The zero-order valence-electron chi connectivity index (χ0n) is 15.6. The smallest absolute Gasteiger partial charge is 0.353 e. The third-order valence-electron chi connectivity index (χ3n) is 2.06. The van der Waals surface area contributed by atoms with Gasteiger partial charge in [0.25, 0.3) is 0 Å². The quantitative estimate of drug-likeness (QED) is 0.173. The average molecular weight is 410 g/mol. The number of carboxylic acids is 2. The highest BCUT2D eigenvalue weighted by molar-refractivity contribution is 5.99. The SMILES string of the molecule is C=CC(=O)OC(C(=O)[O-])C(=O)OC.C=CC(=O)OC(C(=O)[O-])C(=O)OC.[NH4+].[NH4+]. The Morgan fingerprint density at radius 2 is 0.964 bits per heavy atom. The van der Waals surface area contributed by atoms with E-state index in [1.807, 2.05) is 0 Å². The molecule has 0 heterocycles. The summed E-state index contributed by atoms with van der Waals surface area (Å²) >= 11 is 0. The summed E-state index contributed by atoms with van der Waals surface area (Å²) in [6, 6.07) is 0. The van der Waals surface area contributed by atoms with Crippen LogP contribution in [0.25, 0.3) is 0 Å². The van der Waals surface area contributed by atoms with Crippen molar-refractivity contribution in [2.45, 2.75) is 12.2 Å². The lowest BCUT2D eigenvalue weighted by atomic mass is 10.3. The number of aliphatic carboxylic acids is 2. The Hall–Kier alpha value is -3.78. The van der Waals surface area contributed by atoms with Gasteiger partial charge in [-0.05, 0) is 0 Å². The molecule has 0 aliphatic carbocycles. The summed E-state index contributed by atoms with van der Waals surface area (Å²) in [6.07, 6.45) is -2.65. The maximum atomic E-state index is 10.7. The molecular formula is C14H22N2O12. The van der Waals surface area contributed by atoms with Gasteiger partial charge in [-0.15, -0.1) is 0 Å². The van der Waals surface area contributed by atoms with Gasteiger partial charge in [0.2, 0.25) is 12.2 Å². The molecular weight excluding hydrogens is 388 g/mol. The van der Waals surface area contributed by atoms with Gasteiger partial charge in [-0.1, -0.05) is 13.2 Å². The Bertz CT molecular complexity index is 549. The van der Waals surface area contributed by atoms with Crippen LogP contribution in [-0.4, -0.2) is 62.2 Å². The minimum absolute atomic E-state index is 0. The molecule has 160 valence electrons. The van der Waals surface area contributed by atoms with Gasteiger partial charge < -0.3 is 51.1 Å². The second kappa shape index (κ2) is 16.7. The molecule has 0 aromatic heterocycles. The summed E-state index contributed by atoms with van der Waals surface area (Å²) in [6.45, 7) is 6.04. The van der Waals surface area contributed by atoms with Crippen LogP contribution in [0.1, 0.15) is 0 Å². The van der Waals surface area contributed by atoms with E-state index in [1.54, 1.807) is 0 Å². The maximum Gasteiger partial charge on any atom is 0.353 e. The normalized spacial score (nSPS) is 10.4. The molecule has 14 heteroatoms. The standard InChI is InChI=1S/2C7H8O6.2H3N/c2*1-3-4(8)13-5(6(9)10)7(11)12-2;;/h2*3,5H,1H2,2H3,(H,9,10);2*1H3. The summed E-state index contributed by atoms with van der Waals surface area (Å²) in [5, 5.41) is 20.5. The lowest BCUT2D eigenvalue weighted by molar-refractivity contribution is -0.315. The average Bonchev–Trinajstić information content (AvgIpc) is 2.62. The molecule has 14 nitrogen and oxygen atoms in total. The van der Waals surface area contributed by atoms with Crippen LogP contribution < -0.4 is 22.5 Å². The van der Waals surface area contributed by atoms with Crippen molar-refractivity contribution in [2.75, 3.05) is 14.2 Å². The van der Waals surface area contributed by atoms with E-state index in [0.29, 0.717) is 0 Å².